The number of nitrogens with two attached hydrogens (primary N) is 1. The lowest BCUT2D eigenvalue weighted by atomic mass is 10.2. The van der Waals surface area contributed by atoms with E-state index in [1.54, 1.807) is 0 Å². The molecule has 0 heterocycles. The van der Waals surface area contributed by atoms with E-state index in [-0.39, 0.29) is 11.9 Å². The molecule has 0 saturated heterocycles. The number of primary amides is 1. The summed E-state index contributed by atoms with van der Waals surface area (Å²) < 4.78 is 5.47. The van der Waals surface area contributed by atoms with Crippen LogP contribution in [0.4, 0.5) is 0 Å². The average Bonchev–Trinajstić information content (AvgIpc) is 3.05. The molecule has 0 aromatic heterocycles. The number of rotatable bonds is 10. The summed E-state index contributed by atoms with van der Waals surface area (Å²) in [6.45, 7) is 3.59. The first-order chi connectivity index (χ1) is 7.74. The Morgan fingerprint density at radius 2 is 2.19 bits per heavy atom. The van der Waals surface area contributed by atoms with Crippen molar-refractivity contribution in [1.82, 2.24) is 5.32 Å². The second-order valence-electron chi connectivity index (χ2n) is 4.50. The van der Waals surface area contributed by atoms with Gasteiger partial charge < -0.3 is 15.8 Å². The fourth-order valence-electron chi connectivity index (χ4n) is 1.60. The third kappa shape index (κ3) is 6.08. The van der Waals surface area contributed by atoms with Gasteiger partial charge in [-0.05, 0) is 25.7 Å². The Morgan fingerprint density at radius 1 is 1.44 bits per heavy atom. The lowest BCUT2D eigenvalue weighted by molar-refractivity contribution is -0.120. The van der Waals surface area contributed by atoms with Crippen molar-refractivity contribution in [3.05, 3.63) is 0 Å². The zero-order chi connectivity index (χ0) is 11.8. The molecule has 4 nitrogen and oxygen atoms in total. The minimum atomic E-state index is -0.260. The molecule has 1 fully saturated rings. The Hall–Kier alpha value is -0.610. The van der Waals surface area contributed by atoms with E-state index >= 15 is 0 Å². The molecule has 1 aliphatic carbocycles. The van der Waals surface area contributed by atoms with Gasteiger partial charge in [0.1, 0.15) is 0 Å². The van der Waals surface area contributed by atoms with Crippen LogP contribution in [0.3, 0.4) is 0 Å². The Balaban J connectivity index is 2.00. The molecule has 1 aliphatic rings. The van der Waals surface area contributed by atoms with Gasteiger partial charge in [0.2, 0.25) is 5.91 Å². The highest BCUT2D eigenvalue weighted by molar-refractivity contribution is 5.79. The summed E-state index contributed by atoms with van der Waals surface area (Å²) in [5.74, 6) is -0.260. The summed E-state index contributed by atoms with van der Waals surface area (Å²) in [6.07, 6.45) is 6.55. The molecule has 1 rings (SSSR count). The molecule has 0 spiro atoms. The van der Waals surface area contributed by atoms with E-state index in [1.165, 1.54) is 25.7 Å². The van der Waals surface area contributed by atoms with Crippen molar-refractivity contribution in [3.8, 4) is 0 Å². The molecule has 0 radical (unpaired) electrons. The molecule has 0 aromatic carbocycles. The van der Waals surface area contributed by atoms with Gasteiger partial charge in [-0.3, -0.25) is 4.79 Å². The molecule has 0 aromatic rings. The molecule has 0 aliphatic heterocycles. The standard InChI is InChI=1S/C12H24N2O2/c1-2-3-4-8-16-9-7-11(12(13)15)14-10-5-6-10/h10-11,14H,2-9H2,1H3,(H2,13,15). The predicted molar refractivity (Wildman–Crippen MR) is 64.1 cm³/mol. The van der Waals surface area contributed by atoms with E-state index in [2.05, 4.69) is 12.2 Å². The smallest absolute Gasteiger partial charge is 0.234 e. The van der Waals surface area contributed by atoms with Crippen LogP contribution in [0.15, 0.2) is 0 Å². The fraction of sp³-hybridized carbons (Fsp3) is 0.917. The Kier molecular flexibility index (Phi) is 6.42. The van der Waals surface area contributed by atoms with Crippen LogP contribution in [0.2, 0.25) is 0 Å². The predicted octanol–water partition coefficient (Wildman–Crippen LogP) is 1.19. The Morgan fingerprint density at radius 3 is 2.75 bits per heavy atom. The van der Waals surface area contributed by atoms with Crippen LogP contribution >= 0.6 is 0 Å². The quantitative estimate of drug-likeness (QED) is 0.552. The van der Waals surface area contributed by atoms with Gasteiger partial charge in [-0.25, -0.2) is 0 Å². The number of hydrogen-bond acceptors (Lipinski definition) is 3. The van der Waals surface area contributed by atoms with Crippen molar-refractivity contribution < 1.29 is 9.53 Å². The normalized spacial score (nSPS) is 17.3. The molecule has 1 atom stereocenters. The molecular formula is C12H24N2O2. The second-order valence-corrected chi connectivity index (χ2v) is 4.50. The van der Waals surface area contributed by atoms with E-state index in [0.717, 1.165) is 13.0 Å². The minimum absolute atomic E-state index is 0.210. The van der Waals surface area contributed by atoms with Crippen molar-refractivity contribution in [1.29, 1.82) is 0 Å². The summed E-state index contributed by atoms with van der Waals surface area (Å²) in [6, 6.07) is 0.302. The maximum Gasteiger partial charge on any atom is 0.234 e. The molecule has 4 heteroatoms. The zero-order valence-corrected chi connectivity index (χ0v) is 10.2. The molecule has 1 amide bonds. The van der Waals surface area contributed by atoms with Crippen LogP contribution in [0.5, 0.6) is 0 Å². The maximum atomic E-state index is 11.1. The average molecular weight is 228 g/mol. The van der Waals surface area contributed by atoms with Gasteiger partial charge in [-0.15, -0.1) is 0 Å². The van der Waals surface area contributed by atoms with Gasteiger partial charge >= 0.3 is 0 Å². The summed E-state index contributed by atoms with van der Waals surface area (Å²) >= 11 is 0. The van der Waals surface area contributed by atoms with Gasteiger partial charge in [-0.1, -0.05) is 19.8 Å². The SMILES string of the molecule is CCCCCOCCC(NC1CC1)C(N)=O. The van der Waals surface area contributed by atoms with Crippen molar-refractivity contribution in [2.45, 2.75) is 57.5 Å². The molecular weight excluding hydrogens is 204 g/mol. The van der Waals surface area contributed by atoms with Gasteiger partial charge in [-0.2, -0.15) is 0 Å². The third-order valence-electron chi connectivity index (χ3n) is 2.80. The van der Waals surface area contributed by atoms with Gasteiger partial charge in [0.25, 0.3) is 0 Å². The highest BCUT2D eigenvalue weighted by Crippen LogP contribution is 2.19. The van der Waals surface area contributed by atoms with Crippen molar-refractivity contribution >= 4 is 5.91 Å². The Labute approximate surface area is 97.9 Å². The van der Waals surface area contributed by atoms with Crippen molar-refractivity contribution in [3.63, 3.8) is 0 Å². The van der Waals surface area contributed by atoms with Crippen LogP contribution in [0, 0.1) is 0 Å². The monoisotopic (exact) mass is 228 g/mol. The molecule has 3 N–H and O–H groups in total. The lowest BCUT2D eigenvalue weighted by Crippen LogP contribution is -2.43. The topological polar surface area (TPSA) is 64.3 Å². The highest BCUT2D eigenvalue weighted by atomic mass is 16.5. The summed E-state index contributed by atoms with van der Waals surface area (Å²) in [5, 5.41) is 3.24. The number of ether oxygens (including phenoxy) is 1. The van der Waals surface area contributed by atoms with Crippen LogP contribution in [0.25, 0.3) is 0 Å². The summed E-state index contributed by atoms with van der Waals surface area (Å²) in [5.41, 5.74) is 5.32. The second kappa shape index (κ2) is 7.63. The maximum absolute atomic E-state index is 11.1. The number of carbonyl (C=O) groups excluding carboxylic acids is 1. The Bertz CT molecular complexity index is 205. The number of unbranched alkanes of at least 4 members (excludes halogenated alkanes) is 2. The summed E-state index contributed by atoms with van der Waals surface area (Å²) in [4.78, 5) is 11.1. The van der Waals surface area contributed by atoms with Gasteiger partial charge in [0.05, 0.1) is 6.04 Å². The molecule has 16 heavy (non-hydrogen) atoms. The first kappa shape index (κ1) is 13.5. The van der Waals surface area contributed by atoms with E-state index in [0.29, 0.717) is 19.1 Å². The van der Waals surface area contributed by atoms with E-state index in [9.17, 15) is 4.79 Å². The van der Waals surface area contributed by atoms with Crippen LogP contribution in [-0.4, -0.2) is 31.2 Å². The molecule has 94 valence electrons. The van der Waals surface area contributed by atoms with E-state index < -0.39 is 0 Å². The van der Waals surface area contributed by atoms with Crippen LogP contribution in [-0.2, 0) is 9.53 Å². The first-order valence-corrected chi connectivity index (χ1v) is 6.37. The van der Waals surface area contributed by atoms with E-state index in [4.69, 9.17) is 10.5 Å². The number of hydrogen-bond donors (Lipinski definition) is 2. The largest absolute Gasteiger partial charge is 0.381 e. The number of carbonyl (C=O) groups is 1. The first-order valence-electron chi connectivity index (χ1n) is 6.37. The fourth-order valence-corrected chi connectivity index (χ4v) is 1.60. The third-order valence-corrected chi connectivity index (χ3v) is 2.80. The van der Waals surface area contributed by atoms with Gasteiger partial charge in [0.15, 0.2) is 0 Å². The molecule has 1 saturated carbocycles. The minimum Gasteiger partial charge on any atom is -0.381 e. The summed E-state index contributed by atoms with van der Waals surface area (Å²) in [7, 11) is 0. The zero-order valence-electron chi connectivity index (χ0n) is 10.2. The molecule has 0 bridgehead atoms. The van der Waals surface area contributed by atoms with Gasteiger partial charge in [0, 0.05) is 19.3 Å². The van der Waals surface area contributed by atoms with Crippen molar-refractivity contribution in [2.75, 3.05) is 13.2 Å². The van der Waals surface area contributed by atoms with Crippen molar-refractivity contribution in [2.24, 2.45) is 5.73 Å². The lowest BCUT2D eigenvalue weighted by Gasteiger charge is -2.14. The molecule has 1 unspecified atom stereocenters. The number of amides is 1. The van der Waals surface area contributed by atoms with Crippen LogP contribution in [0.1, 0.15) is 45.4 Å². The highest BCUT2D eigenvalue weighted by Gasteiger charge is 2.26. The number of nitrogens with one attached hydrogen (secondary N) is 1. The van der Waals surface area contributed by atoms with E-state index in [1.807, 2.05) is 0 Å². The van der Waals surface area contributed by atoms with Crippen LogP contribution < -0.4 is 11.1 Å².